The fourth-order valence-electron chi connectivity index (χ4n) is 2.65. The Morgan fingerprint density at radius 3 is 2.77 bits per heavy atom. The first-order chi connectivity index (χ1) is 10.7. The van der Waals surface area contributed by atoms with Crippen LogP contribution in [0.25, 0.3) is 32.3 Å². The van der Waals surface area contributed by atoms with E-state index in [1.165, 1.54) is 12.3 Å². The Kier molecular flexibility index (Phi) is 3.73. The summed E-state index contributed by atoms with van der Waals surface area (Å²) in [5.41, 5.74) is 11.1. The van der Waals surface area contributed by atoms with Crippen LogP contribution >= 0.6 is 0 Å². The number of hydrogen-bond acceptors (Lipinski definition) is 2. The molecule has 0 amide bonds. The van der Waals surface area contributed by atoms with Gasteiger partial charge in [0.05, 0.1) is 12.2 Å². The van der Waals surface area contributed by atoms with E-state index in [4.69, 9.17) is 5.53 Å². The van der Waals surface area contributed by atoms with Crippen LogP contribution in [-0.4, -0.2) is 4.98 Å². The van der Waals surface area contributed by atoms with Crippen LogP contribution in [0.15, 0.2) is 60.0 Å². The second-order valence-corrected chi connectivity index (χ2v) is 5.02. The van der Waals surface area contributed by atoms with Crippen molar-refractivity contribution in [2.75, 3.05) is 0 Å². The Hall–Kier alpha value is -2.91. The molecule has 5 heteroatoms. The Morgan fingerprint density at radius 1 is 1.18 bits per heavy atom. The SMILES string of the molecule is CC(N=[N+]=[N-])c1ccc2ccccc2c1-c1cncc(F)c1. The van der Waals surface area contributed by atoms with Gasteiger partial charge in [0, 0.05) is 16.7 Å². The van der Waals surface area contributed by atoms with E-state index in [0.717, 1.165) is 21.9 Å². The van der Waals surface area contributed by atoms with Crippen molar-refractivity contribution in [2.45, 2.75) is 13.0 Å². The first kappa shape index (κ1) is 14.0. The molecule has 4 nitrogen and oxygen atoms in total. The predicted octanol–water partition coefficient (Wildman–Crippen LogP) is 5.41. The Morgan fingerprint density at radius 2 is 2.00 bits per heavy atom. The molecule has 0 fully saturated rings. The van der Waals surface area contributed by atoms with Crippen LogP contribution in [0.5, 0.6) is 0 Å². The van der Waals surface area contributed by atoms with Crippen molar-refractivity contribution in [3.8, 4) is 11.1 Å². The lowest BCUT2D eigenvalue weighted by molar-refractivity contribution is 0.622. The van der Waals surface area contributed by atoms with E-state index in [0.29, 0.717) is 5.56 Å². The van der Waals surface area contributed by atoms with Crippen LogP contribution in [-0.2, 0) is 0 Å². The number of azide groups is 1. The number of hydrogen-bond donors (Lipinski definition) is 0. The van der Waals surface area contributed by atoms with Gasteiger partial charge in [-0.25, -0.2) is 4.39 Å². The zero-order chi connectivity index (χ0) is 15.5. The number of aromatic nitrogens is 1. The van der Waals surface area contributed by atoms with Gasteiger partial charge >= 0.3 is 0 Å². The molecule has 0 aliphatic heterocycles. The molecule has 1 heterocycles. The third kappa shape index (κ3) is 2.50. The molecule has 0 aliphatic carbocycles. The smallest absolute Gasteiger partial charge is 0.142 e. The van der Waals surface area contributed by atoms with Crippen LogP contribution in [0.3, 0.4) is 0 Å². The Labute approximate surface area is 126 Å². The van der Waals surface area contributed by atoms with E-state index in [9.17, 15) is 4.39 Å². The van der Waals surface area contributed by atoms with Gasteiger partial charge in [0.1, 0.15) is 5.82 Å². The van der Waals surface area contributed by atoms with Crippen molar-refractivity contribution in [3.05, 3.63) is 76.7 Å². The Bertz CT molecular complexity index is 885. The minimum Gasteiger partial charge on any atom is -0.261 e. The van der Waals surface area contributed by atoms with Gasteiger partial charge in [0.15, 0.2) is 0 Å². The van der Waals surface area contributed by atoms with Crippen molar-refractivity contribution in [2.24, 2.45) is 5.11 Å². The molecule has 0 saturated heterocycles. The molecule has 108 valence electrons. The monoisotopic (exact) mass is 292 g/mol. The maximum atomic E-state index is 13.6. The normalized spacial score (nSPS) is 11.9. The average molecular weight is 292 g/mol. The van der Waals surface area contributed by atoms with Crippen LogP contribution in [0.4, 0.5) is 4.39 Å². The highest BCUT2D eigenvalue weighted by molar-refractivity contribution is 5.98. The maximum Gasteiger partial charge on any atom is 0.142 e. The second-order valence-electron chi connectivity index (χ2n) is 5.02. The highest BCUT2D eigenvalue weighted by Gasteiger charge is 2.15. The third-order valence-corrected chi connectivity index (χ3v) is 3.63. The molecule has 0 aliphatic rings. The first-order valence-corrected chi connectivity index (χ1v) is 6.87. The Balaban J connectivity index is 2.36. The minimum absolute atomic E-state index is 0.354. The molecule has 1 unspecified atom stereocenters. The van der Waals surface area contributed by atoms with Crippen molar-refractivity contribution < 1.29 is 4.39 Å². The number of nitrogens with zero attached hydrogens (tertiary/aromatic N) is 4. The second kappa shape index (κ2) is 5.84. The van der Waals surface area contributed by atoms with Gasteiger partial charge in [0.25, 0.3) is 0 Å². The summed E-state index contributed by atoms with van der Waals surface area (Å²) in [4.78, 5) is 6.82. The maximum absolute atomic E-state index is 13.6. The predicted molar refractivity (Wildman–Crippen MR) is 84.7 cm³/mol. The summed E-state index contributed by atoms with van der Waals surface area (Å²) >= 11 is 0. The summed E-state index contributed by atoms with van der Waals surface area (Å²) in [5.74, 6) is -0.396. The summed E-state index contributed by atoms with van der Waals surface area (Å²) in [6.45, 7) is 1.82. The van der Waals surface area contributed by atoms with Crippen LogP contribution < -0.4 is 0 Å². The van der Waals surface area contributed by atoms with E-state index in [1.807, 2.05) is 43.3 Å². The molecule has 2 aromatic carbocycles. The lowest BCUT2D eigenvalue weighted by Crippen LogP contribution is -1.96. The standard InChI is InChI=1S/C17H13FN4/c1-11(21-22-19)15-7-6-12-4-2-3-5-16(12)17(15)13-8-14(18)10-20-9-13/h2-11H,1H3. The number of halogens is 1. The van der Waals surface area contributed by atoms with E-state index in [-0.39, 0.29) is 6.04 Å². The molecule has 22 heavy (non-hydrogen) atoms. The summed E-state index contributed by atoms with van der Waals surface area (Å²) in [5, 5.41) is 5.80. The van der Waals surface area contributed by atoms with Crippen molar-refractivity contribution in [1.82, 2.24) is 4.98 Å². The van der Waals surface area contributed by atoms with E-state index < -0.39 is 5.82 Å². The number of pyridine rings is 1. The summed E-state index contributed by atoms with van der Waals surface area (Å²) < 4.78 is 13.6. The molecular formula is C17H13FN4. The number of fused-ring (bicyclic) bond motifs is 1. The summed E-state index contributed by atoms with van der Waals surface area (Å²) in [6, 6.07) is 12.8. The zero-order valence-electron chi connectivity index (χ0n) is 11.9. The number of rotatable bonds is 3. The summed E-state index contributed by atoms with van der Waals surface area (Å²) in [6.07, 6.45) is 2.79. The lowest BCUT2D eigenvalue weighted by atomic mass is 9.91. The van der Waals surface area contributed by atoms with E-state index >= 15 is 0 Å². The minimum atomic E-state index is -0.396. The van der Waals surface area contributed by atoms with Gasteiger partial charge in [-0.05, 0) is 33.5 Å². The molecule has 0 spiro atoms. The summed E-state index contributed by atoms with van der Waals surface area (Å²) in [7, 11) is 0. The van der Waals surface area contributed by atoms with E-state index in [1.54, 1.807) is 6.20 Å². The first-order valence-electron chi connectivity index (χ1n) is 6.87. The van der Waals surface area contributed by atoms with Gasteiger partial charge in [0.2, 0.25) is 0 Å². The highest BCUT2D eigenvalue weighted by atomic mass is 19.1. The molecular weight excluding hydrogens is 279 g/mol. The fourth-order valence-corrected chi connectivity index (χ4v) is 2.65. The lowest BCUT2D eigenvalue weighted by Gasteiger charge is -2.15. The van der Waals surface area contributed by atoms with Gasteiger partial charge in [-0.1, -0.05) is 48.4 Å². The van der Waals surface area contributed by atoms with E-state index in [2.05, 4.69) is 15.0 Å². The average Bonchev–Trinajstić information content (AvgIpc) is 2.54. The topological polar surface area (TPSA) is 61.7 Å². The third-order valence-electron chi connectivity index (χ3n) is 3.63. The fraction of sp³-hybridized carbons (Fsp3) is 0.118. The van der Waals surface area contributed by atoms with Crippen LogP contribution in [0, 0.1) is 5.82 Å². The zero-order valence-corrected chi connectivity index (χ0v) is 11.9. The molecule has 1 atom stereocenters. The molecule has 0 bridgehead atoms. The van der Waals surface area contributed by atoms with Crippen molar-refractivity contribution in [3.63, 3.8) is 0 Å². The molecule has 0 saturated carbocycles. The molecule has 0 N–H and O–H groups in total. The molecule has 0 radical (unpaired) electrons. The van der Waals surface area contributed by atoms with Gasteiger partial charge < -0.3 is 0 Å². The largest absolute Gasteiger partial charge is 0.261 e. The van der Waals surface area contributed by atoms with Crippen LogP contribution in [0.2, 0.25) is 0 Å². The molecule has 3 aromatic rings. The molecule has 3 rings (SSSR count). The quantitative estimate of drug-likeness (QED) is 0.361. The number of benzene rings is 2. The van der Waals surface area contributed by atoms with Crippen LogP contribution in [0.1, 0.15) is 18.5 Å². The van der Waals surface area contributed by atoms with Crippen molar-refractivity contribution >= 4 is 10.8 Å². The van der Waals surface area contributed by atoms with Gasteiger partial charge in [-0.15, -0.1) is 0 Å². The highest BCUT2D eigenvalue weighted by Crippen LogP contribution is 2.36. The van der Waals surface area contributed by atoms with Crippen molar-refractivity contribution in [1.29, 1.82) is 0 Å². The van der Waals surface area contributed by atoms with Gasteiger partial charge in [-0.3, -0.25) is 4.98 Å². The van der Waals surface area contributed by atoms with Gasteiger partial charge in [-0.2, -0.15) is 0 Å². The molecule has 1 aromatic heterocycles.